The second kappa shape index (κ2) is 9.94. The Morgan fingerprint density at radius 2 is 1.60 bits per heavy atom. The molecule has 0 aliphatic rings. The molecular formula is C26H28FNOS. The Labute approximate surface area is 182 Å². The quantitative estimate of drug-likeness (QED) is 0.398. The fourth-order valence-electron chi connectivity index (χ4n) is 3.43. The standard InChI is InChI=1S/C26H28FNOS/c1-4-30-23-16-10-19(11-17-23)18-24(29)28-22-14-12-21(13-15-22)26(2,3)25(27)20-8-6-5-7-9-20/h5-17,25H,4,18H2,1-3H3,(H,28,29). The van der Waals surface area contributed by atoms with Gasteiger partial charge in [-0.15, -0.1) is 11.8 Å². The lowest BCUT2D eigenvalue weighted by Gasteiger charge is -2.30. The Hall–Kier alpha value is -2.59. The molecule has 3 aromatic rings. The SMILES string of the molecule is CCSc1ccc(CC(=O)Nc2ccc(C(C)(C)C(F)c3ccccc3)cc2)cc1. The summed E-state index contributed by atoms with van der Waals surface area (Å²) in [5.41, 5.74) is 2.58. The largest absolute Gasteiger partial charge is 0.326 e. The van der Waals surface area contributed by atoms with Crippen molar-refractivity contribution in [3.05, 3.63) is 95.6 Å². The molecule has 0 spiro atoms. The summed E-state index contributed by atoms with van der Waals surface area (Å²) < 4.78 is 15.2. The first-order valence-corrected chi connectivity index (χ1v) is 11.2. The third kappa shape index (κ3) is 5.51. The van der Waals surface area contributed by atoms with Crippen molar-refractivity contribution in [3.63, 3.8) is 0 Å². The van der Waals surface area contributed by atoms with Gasteiger partial charge >= 0.3 is 0 Å². The van der Waals surface area contributed by atoms with Gasteiger partial charge in [-0.1, -0.05) is 75.4 Å². The van der Waals surface area contributed by atoms with Crippen LogP contribution in [0.3, 0.4) is 0 Å². The van der Waals surface area contributed by atoms with E-state index in [1.165, 1.54) is 4.90 Å². The third-order valence-electron chi connectivity index (χ3n) is 5.24. The number of hydrogen-bond donors (Lipinski definition) is 1. The Bertz CT molecular complexity index is 953. The van der Waals surface area contributed by atoms with Crippen LogP contribution in [0.2, 0.25) is 0 Å². The third-order valence-corrected chi connectivity index (χ3v) is 6.13. The number of carbonyl (C=O) groups is 1. The van der Waals surface area contributed by atoms with Gasteiger partial charge in [-0.3, -0.25) is 4.79 Å². The molecule has 1 unspecified atom stereocenters. The smallest absolute Gasteiger partial charge is 0.228 e. The molecule has 0 bridgehead atoms. The predicted molar refractivity (Wildman–Crippen MR) is 125 cm³/mol. The molecule has 0 saturated heterocycles. The van der Waals surface area contributed by atoms with Crippen LogP contribution in [0.15, 0.2) is 83.8 Å². The maximum Gasteiger partial charge on any atom is 0.228 e. The molecule has 1 atom stereocenters. The van der Waals surface area contributed by atoms with Crippen molar-refractivity contribution >= 4 is 23.4 Å². The lowest BCUT2D eigenvalue weighted by molar-refractivity contribution is -0.115. The van der Waals surface area contributed by atoms with Crippen LogP contribution in [0.5, 0.6) is 0 Å². The summed E-state index contributed by atoms with van der Waals surface area (Å²) in [7, 11) is 0. The second-order valence-electron chi connectivity index (χ2n) is 7.87. The van der Waals surface area contributed by atoms with Crippen LogP contribution in [0.25, 0.3) is 0 Å². The number of rotatable bonds is 8. The average molecular weight is 422 g/mol. The number of hydrogen-bond acceptors (Lipinski definition) is 2. The van der Waals surface area contributed by atoms with Crippen LogP contribution in [-0.4, -0.2) is 11.7 Å². The minimum absolute atomic E-state index is 0.0643. The summed E-state index contributed by atoms with van der Waals surface area (Å²) >= 11 is 1.78. The van der Waals surface area contributed by atoms with Crippen LogP contribution >= 0.6 is 11.8 Å². The highest BCUT2D eigenvalue weighted by Crippen LogP contribution is 2.39. The van der Waals surface area contributed by atoms with Gasteiger partial charge in [-0.05, 0) is 46.7 Å². The van der Waals surface area contributed by atoms with E-state index in [0.717, 1.165) is 16.9 Å². The second-order valence-corrected chi connectivity index (χ2v) is 9.21. The monoisotopic (exact) mass is 421 g/mol. The molecule has 30 heavy (non-hydrogen) atoms. The van der Waals surface area contributed by atoms with Crippen molar-refractivity contribution in [2.45, 2.75) is 43.7 Å². The minimum Gasteiger partial charge on any atom is -0.326 e. The zero-order valence-corrected chi connectivity index (χ0v) is 18.5. The molecule has 0 heterocycles. The molecule has 0 aliphatic carbocycles. The molecule has 156 valence electrons. The van der Waals surface area contributed by atoms with Gasteiger partial charge in [-0.2, -0.15) is 0 Å². The van der Waals surface area contributed by atoms with Crippen LogP contribution in [0.1, 0.15) is 43.6 Å². The van der Waals surface area contributed by atoms with E-state index in [2.05, 4.69) is 12.2 Å². The highest BCUT2D eigenvalue weighted by molar-refractivity contribution is 7.99. The van der Waals surface area contributed by atoms with Crippen LogP contribution in [-0.2, 0) is 16.6 Å². The number of benzene rings is 3. The van der Waals surface area contributed by atoms with Gasteiger partial charge in [-0.25, -0.2) is 4.39 Å². The molecule has 0 radical (unpaired) electrons. The number of halogens is 1. The predicted octanol–water partition coefficient (Wildman–Crippen LogP) is 6.97. The highest BCUT2D eigenvalue weighted by Gasteiger charge is 2.32. The molecule has 4 heteroatoms. The molecule has 0 saturated carbocycles. The van der Waals surface area contributed by atoms with Crippen molar-refractivity contribution in [1.29, 1.82) is 0 Å². The maximum atomic E-state index is 15.2. The Morgan fingerprint density at radius 3 is 2.20 bits per heavy atom. The van der Waals surface area contributed by atoms with E-state index in [9.17, 15) is 4.79 Å². The van der Waals surface area contributed by atoms with Crippen molar-refractivity contribution in [1.82, 2.24) is 0 Å². The van der Waals surface area contributed by atoms with Crippen LogP contribution in [0, 0.1) is 0 Å². The van der Waals surface area contributed by atoms with Gasteiger partial charge in [0.2, 0.25) is 5.91 Å². The molecule has 1 amide bonds. The molecule has 0 aliphatic heterocycles. The van der Waals surface area contributed by atoms with Gasteiger partial charge < -0.3 is 5.32 Å². The summed E-state index contributed by atoms with van der Waals surface area (Å²) in [6.07, 6.45) is -0.793. The first kappa shape index (κ1) is 22.1. The van der Waals surface area contributed by atoms with E-state index >= 15 is 4.39 Å². The van der Waals surface area contributed by atoms with Gasteiger partial charge in [0.15, 0.2) is 0 Å². The van der Waals surface area contributed by atoms with E-state index in [4.69, 9.17) is 0 Å². The Morgan fingerprint density at radius 1 is 0.967 bits per heavy atom. The van der Waals surface area contributed by atoms with Crippen molar-refractivity contribution in [3.8, 4) is 0 Å². The first-order valence-electron chi connectivity index (χ1n) is 10.2. The Balaban J connectivity index is 1.62. The van der Waals surface area contributed by atoms with Gasteiger partial charge in [0, 0.05) is 16.0 Å². The topological polar surface area (TPSA) is 29.1 Å². The molecule has 0 fully saturated rings. The number of anilines is 1. The van der Waals surface area contributed by atoms with E-state index in [1.54, 1.807) is 11.8 Å². The molecule has 1 N–H and O–H groups in total. The van der Waals surface area contributed by atoms with Gasteiger partial charge in [0.1, 0.15) is 6.17 Å². The molecule has 2 nitrogen and oxygen atoms in total. The number of amides is 1. The zero-order valence-electron chi connectivity index (χ0n) is 17.7. The average Bonchev–Trinajstić information content (AvgIpc) is 2.75. The normalized spacial score (nSPS) is 12.4. The van der Waals surface area contributed by atoms with E-state index in [1.807, 2.05) is 92.7 Å². The summed E-state index contributed by atoms with van der Waals surface area (Å²) in [4.78, 5) is 13.6. The number of thioether (sulfide) groups is 1. The van der Waals surface area contributed by atoms with E-state index in [0.29, 0.717) is 17.7 Å². The maximum absolute atomic E-state index is 15.2. The van der Waals surface area contributed by atoms with Crippen molar-refractivity contribution in [2.24, 2.45) is 0 Å². The fraction of sp³-hybridized carbons (Fsp3) is 0.269. The summed E-state index contributed by atoms with van der Waals surface area (Å²) in [6.45, 7) is 5.92. The lowest BCUT2D eigenvalue weighted by atomic mass is 9.77. The zero-order chi connectivity index (χ0) is 21.6. The van der Waals surface area contributed by atoms with E-state index in [-0.39, 0.29) is 5.91 Å². The van der Waals surface area contributed by atoms with E-state index < -0.39 is 11.6 Å². The van der Waals surface area contributed by atoms with Gasteiger partial charge in [0.05, 0.1) is 6.42 Å². The summed E-state index contributed by atoms with van der Waals surface area (Å²) in [5.74, 6) is 0.965. The Kier molecular flexibility index (Phi) is 7.33. The number of carbonyl (C=O) groups excluding carboxylic acids is 1. The first-order chi connectivity index (χ1) is 14.4. The van der Waals surface area contributed by atoms with Crippen LogP contribution < -0.4 is 5.32 Å². The fourth-order valence-corrected chi connectivity index (χ4v) is 4.09. The molecule has 3 aromatic carbocycles. The van der Waals surface area contributed by atoms with Crippen molar-refractivity contribution < 1.29 is 9.18 Å². The molecular weight excluding hydrogens is 393 g/mol. The molecule has 3 rings (SSSR count). The highest BCUT2D eigenvalue weighted by atomic mass is 32.2. The molecule has 0 aromatic heterocycles. The van der Waals surface area contributed by atoms with Crippen LogP contribution in [0.4, 0.5) is 10.1 Å². The van der Waals surface area contributed by atoms with Gasteiger partial charge in [0.25, 0.3) is 0 Å². The number of alkyl halides is 1. The minimum atomic E-state index is -1.12. The van der Waals surface area contributed by atoms with Crippen molar-refractivity contribution in [2.75, 3.05) is 11.1 Å². The summed E-state index contributed by atoms with van der Waals surface area (Å²) in [5, 5.41) is 2.93. The summed E-state index contributed by atoms with van der Waals surface area (Å²) in [6, 6.07) is 24.8. The lowest BCUT2D eigenvalue weighted by Crippen LogP contribution is -2.24. The number of nitrogens with one attached hydrogen (secondary N) is 1.